The Kier molecular flexibility index (Phi) is 11.8. The van der Waals surface area contributed by atoms with E-state index in [1.54, 1.807) is 0 Å². The first kappa shape index (κ1) is 23.4. The van der Waals surface area contributed by atoms with Crippen LogP contribution in [0.4, 0.5) is 0 Å². The molecule has 0 radical (unpaired) electrons. The van der Waals surface area contributed by atoms with Crippen molar-refractivity contribution >= 4 is 5.91 Å². The maximum absolute atomic E-state index is 12.2. The van der Waals surface area contributed by atoms with Gasteiger partial charge in [0.1, 0.15) is 0 Å². The van der Waals surface area contributed by atoms with Crippen molar-refractivity contribution in [3.63, 3.8) is 0 Å². The van der Waals surface area contributed by atoms with Crippen LogP contribution < -0.4 is 5.32 Å². The minimum atomic E-state index is 0.170. The Hall–Kier alpha value is -1.61. The standard InChI is InChI=1S/C24H40N2O/c1-20(2)9-6-10-21(3)11-7-12-22(4)13-8-14-23(5)19-24(27)26-17-15-25-16-18-26/h9,11,13,19,25H,6-8,10,12,14-18H2,1-5H3. The molecular formula is C24H40N2O. The third kappa shape index (κ3) is 11.7. The Morgan fingerprint density at radius 1 is 0.778 bits per heavy atom. The van der Waals surface area contributed by atoms with Crippen LogP contribution in [-0.2, 0) is 4.79 Å². The molecule has 1 heterocycles. The van der Waals surface area contributed by atoms with E-state index < -0.39 is 0 Å². The Morgan fingerprint density at radius 3 is 1.78 bits per heavy atom. The molecule has 3 heteroatoms. The molecule has 152 valence electrons. The summed E-state index contributed by atoms with van der Waals surface area (Å²) in [6, 6.07) is 0. The summed E-state index contributed by atoms with van der Waals surface area (Å²) in [6.45, 7) is 14.3. The predicted molar refractivity (Wildman–Crippen MR) is 118 cm³/mol. The quantitative estimate of drug-likeness (QED) is 0.402. The van der Waals surface area contributed by atoms with Crippen LogP contribution in [0.5, 0.6) is 0 Å². The van der Waals surface area contributed by atoms with Crippen LogP contribution in [0, 0.1) is 0 Å². The first-order valence-electron chi connectivity index (χ1n) is 10.5. The molecule has 27 heavy (non-hydrogen) atoms. The molecular weight excluding hydrogens is 332 g/mol. The number of nitrogens with zero attached hydrogens (tertiary/aromatic N) is 1. The molecule has 0 saturated carbocycles. The van der Waals surface area contributed by atoms with Crippen LogP contribution in [0.2, 0.25) is 0 Å². The van der Waals surface area contributed by atoms with Gasteiger partial charge in [-0.25, -0.2) is 0 Å². The first-order valence-corrected chi connectivity index (χ1v) is 10.5. The fourth-order valence-electron chi connectivity index (χ4n) is 3.14. The number of piperazine rings is 1. The summed E-state index contributed by atoms with van der Waals surface area (Å²) < 4.78 is 0. The fourth-order valence-corrected chi connectivity index (χ4v) is 3.14. The van der Waals surface area contributed by atoms with Gasteiger partial charge < -0.3 is 10.2 Å². The summed E-state index contributed by atoms with van der Waals surface area (Å²) in [5.74, 6) is 0.170. The van der Waals surface area contributed by atoms with Crippen LogP contribution in [0.15, 0.2) is 46.6 Å². The van der Waals surface area contributed by atoms with Gasteiger partial charge in [0, 0.05) is 32.3 Å². The molecule has 0 unspecified atom stereocenters. The van der Waals surface area contributed by atoms with Gasteiger partial charge >= 0.3 is 0 Å². The van der Waals surface area contributed by atoms with Gasteiger partial charge in [0.05, 0.1) is 0 Å². The van der Waals surface area contributed by atoms with E-state index in [2.05, 4.69) is 58.2 Å². The third-order valence-electron chi connectivity index (χ3n) is 4.95. The molecule has 0 aliphatic carbocycles. The number of hydrogen-bond donors (Lipinski definition) is 1. The lowest BCUT2D eigenvalue weighted by atomic mass is 10.0. The zero-order valence-corrected chi connectivity index (χ0v) is 18.2. The van der Waals surface area contributed by atoms with Gasteiger partial charge in [0.2, 0.25) is 5.91 Å². The third-order valence-corrected chi connectivity index (χ3v) is 4.95. The zero-order valence-electron chi connectivity index (χ0n) is 18.2. The van der Waals surface area contributed by atoms with Crippen molar-refractivity contribution in [3.05, 3.63) is 46.6 Å². The summed E-state index contributed by atoms with van der Waals surface area (Å²) in [6.07, 6.45) is 15.4. The lowest BCUT2D eigenvalue weighted by Gasteiger charge is -2.26. The highest BCUT2D eigenvalue weighted by Gasteiger charge is 2.13. The molecule has 0 atom stereocenters. The molecule has 0 bridgehead atoms. The lowest BCUT2D eigenvalue weighted by molar-refractivity contribution is -0.126. The number of amides is 1. The summed E-state index contributed by atoms with van der Waals surface area (Å²) >= 11 is 0. The van der Waals surface area contributed by atoms with Crippen molar-refractivity contribution in [2.75, 3.05) is 26.2 Å². The average Bonchev–Trinajstić information content (AvgIpc) is 2.62. The number of nitrogens with one attached hydrogen (secondary N) is 1. The van der Waals surface area contributed by atoms with E-state index in [1.165, 1.54) is 28.7 Å². The highest BCUT2D eigenvalue weighted by molar-refractivity contribution is 5.88. The second-order valence-corrected chi connectivity index (χ2v) is 8.06. The topological polar surface area (TPSA) is 32.3 Å². The van der Waals surface area contributed by atoms with Crippen molar-refractivity contribution < 1.29 is 4.79 Å². The SMILES string of the molecule is CC(C)=CCCC(C)=CCCC(C)=CCCC(C)=CC(=O)N1CCNCC1. The number of carbonyl (C=O) groups excluding carboxylic acids is 1. The van der Waals surface area contributed by atoms with E-state index in [9.17, 15) is 4.79 Å². The van der Waals surface area contributed by atoms with Crippen molar-refractivity contribution in [1.29, 1.82) is 0 Å². The number of rotatable bonds is 10. The predicted octanol–water partition coefficient (Wildman–Crippen LogP) is 5.56. The van der Waals surface area contributed by atoms with Gasteiger partial charge in [-0.2, -0.15) is 0 Å². The van der Waals surface area contributed by atoms with Crippen LogP contribution in [0.25, 0.3) is 0 Å². The lowest BCUT2D eigenvalue weighted by Crippen LogP contribution is -2.45. The molecule has 0 aromatic heterocycles. The fraction of sp³-hybridized carbons (Fsp3) is 0.625. The van der Waals surface area contributed by atoms with Gasteiger partial charge in [-0.3, -0.25) is 4.79 Å². The van der Waals surface area contributed by atoms with Gasteiger partial charge in [0.25, 0.3) is 0 Å². The molecule has 1 N–H and O–H groups in total. The Bertz CT molecular complexity index is 571. The van der Waals surface area contributed by atoms with Crippen LogP contribution >= 0.6 is 0 Å². The van der Waals surface area contributed by atoms with Crippen molar-refractivity contribution in [3.8, 4) is 0 Å². The number of hydrogen-bond acceptors (Lipinski definition) is 2. The van der Waals surface area contributed by atoms with Gasteiger partial charge in [-0.1, -0.05) is 40.5 Å². The Balaban J connectivity index is 2.27. The van der Waals surface area contributed by atoms with E-state index in [-0.39, 0.29) is 5.91 Å². The van der Waals surface area contributed by atoms with Crippen LogP contribution in [0.3, 0.4) is 0 Å². The molecule has 0 spiro atoms. The normalized spacial score (nSPS) is 16.5. The Morgan fingerprint density at radius 2 is 1.26 bits per heavy atom. The monoisotopic (exact) mass is 372 g/mol. The van der Waals surface area contributed by atoms with Crippen LogP contribution in [-0.4, -0.2) is 37.0 Å². The highest BCUT2D eigenvalue weighted by Crippen LogP contribution is 2.13. The van der Waals surface area contributed by atoms with E-state index in [1.807, 2.05) is 11.0 Å². The molecule has 1 saturated heterocycles. The minimum absolute atomic E-state index is 0.170. The van der Waals surface area contributed by atoms with Gasteiger partial charge in [-0.15, -0.1) is 0 Å². The number of allylic oxidation sites excluding steroid dienone is 7. The summed E-state index contributed by atoms with van der Waals surface area (Å²) in [4.78, 5) is 14.2. The zero-order chi connectivity index (χ0) is 20.1. The Labute approximate surface area is 167 Å². The maximum Gasteiger partial charge on any atom is 0.246 e. The van der Waals surface area contributed by atoms with E-state index in [0.29, 0.717) is 0 Å². The summed E-state index contributed by atoms with van der Waals surface area (Å²) in [5.41, 5.74) is 5.52. The van der Waals surface area contributed by atoms with E-state index in [4.69, 9.17) is 0 Å². The van der Waals surface area contributed by atoms with Crippen molar-refractivity contribution in [1.82, 2.24) is 10.2 Å². The van der Waals surface area contributed by atoms with E-state index >= 15 is 0 Å². The maximum atomic E-state index is 12.2. The summed E-state index contributed by atoms with van der Waals surface area (Å²) in [5, 5.41) is 3.28. The molecule has 3 nitrogen and oxygen atoms in total. The largest absolute Gasteiger partial charge is 0.337 e. The highest BCUT2D eigenvalue weighted by atomic mass is 16.2. The van der Waals surface area contributed by atoms with Crippen molar-refractivity contribution in [2.45, 2.75) is 73.1 Å². The molecule has 0 aromatic carbocycles. The van der Waals surface area contributed by atoms with Crippen LogP contribution in [0.1, 0.15) is 73.1 Å². The van der Waals surface area contributed by atoms with E-state index in [0.717, 1.165) is 58.3 Å². The van der Waals surface area contributed by atoms with Gasteiger partial charge in [-0.05, 0) is 73.1 Å². The molecule has 0 aromatic rings. The first-order chi connectivity index (χ1) is 12.9. The molecule has 1 rings (SSSR count). The smallest absolute Gasteiger partial charge is 0.246 e. The molecule has 1 fully saturated rings. The molecule has 1 amide bonds. The second kappa shape index (κ2) is 13.5. The minimum Gasteiger partial charge on any atom is -0.337 e. The second-order valence-electron chi connectivity index (χ2n) is 8.06. The summed E-state index contributed by atoms with van der Waals surface area (Å²) in [7, 11) is 0. The molecule has 1 aliphatic rings. The van der Waals surface area contributed by atoms with Gasteiger partial charge in [0.15, 0.2) is 0 Å². The van der Waals surface area contributed by atoms with Crippen molar-refractivity contribution in [2.24, 2.45) is 0 Å². The number of carbonyl (C=O) groups is 1. The molecule has 1 aliphatic heterocycles. The average molecular weight is 373 g/mol.